The highest BCUT2D eigenvalue weighted by atomic mass is 32.2. The molecule has 0 unspecified atom stereocenters. The molecule has 0 amide bonds. The van der Waals surface area contributed by atoms with E-state index in [1.807, 2.05) is 42.3 Å². The van der Waals surface area contributed by atoms with Crippen LogP contribution in [0.5, 0.6) is 0 Å². The van der Waals surface area contributed by atoms with Crippen LogP contribution in [0, 0.1) is 0 Å². The van der Waals surface area contributed by atoms with E-state index in [2.05, 4.69) is 4.72 Å². The fraction of sp³-hybridized carbons (Fsp3) is 0.417. The standard InChI is InChI=1S/C12H18N2O4S/c1-14(11-5-3-2-4-6-11)9-8-13-19(17,18)10-7-12(15)16/h2-6,13H,7-10H2,1H3,(H,15,16). The summed E-state index contributed by atoms with van der Waals surface area (Å²) in [5, 5.41) is 8.44. The van der Waals surface area contributed by atoms with Crippen LogP contribution in [0.4, 0.5) is 5.69 Å². The van der Waals surface area contributed by atoms with Gasteiger partial charge in [0.25, 0.3) is 0 Å². The number of para-hydroxylation sites is 1. The van der Waals surface area contributed by atoms with E-state index in [9.17, 15) is 13.2 Å². The monoisotopic (exact) mass is 286 g/mol. The zero-order valence-corrected chi connectivity index (χ0v) is 11.6. The van der Waals surface area contributed by atoms with Crippen LogP contribution in [0.3, 0.4) is 0 Å². The Labute approximate surface area is 113 Å². The second-order valence-corrected chi connectivity index (χ2v) is 6.04. The van der Waals surface area contributed by atoms with E-state index in [4.69, 9.17) is 5.11 Å². The average Bonchev–Trinajstić information content (AvgIpc) is 2.37. The van der Waals surface area contributed by atoms with Gasteiger partial charge in [-0.25, -0.2) is 13.1 Å². The molecule has 0 saturated carbocycles. The van der Waals surface area contributed by atoms with Gasteiger partial charge < -0.3 is 10.0 Å². The molecule has 19 heavy (non-hydrogen) atoms. The molecule has 0 aliphatic heterocycles. The lowest BCUT2D eigenvalue weighted by atomic mass is 10.3. The Hall–Kier alpha value is -1.60. The second kappa shape index (κ2) is 7.10. The summed E-state index contributed by atoms with van der Waals surface area (Å²) in [7, 11) is -1.65. The maximum absolute atomic E-state index is 11.5. The zero-order valence-electron chi connectivity index (χ0n) is 10.7. The van der Waals surface area contributed by atoms with Crippen LogP contribution in [0.15, 0.2) is 30.3 Å². The smallest absolute Gasteiger partial charge is 0.304 e. The van der Waals surface area contributed by atoms with Gasteiger partial charge in [0.1, 0.15) is 0 Å². The van der Waals surface area contributed by atoms with Gasteiger partial charge >= 0.3 is 5.97 Å². The lowest BCUT2D eigenvalue weighted by Crippen LogP contribution is -2.34. The van der Waals surface area contributed by atoms with E-state index in [0.29, 0.717) is 6.54 Å². The van der Waals surface area contributed by atoms with Crippen molar-refractivity contribution in [2.24, 2.45) is 0 Å². The number of carbonyl (C=O) groups is 1. The van der Waals surface area contributed by atoms with Gasteiger partial charge in [0.15, 0.2) is 0 Å². The Kier molecular flexibility index (Phi) is 5.78. The number of aliphatic carboxylic acids is 1. The summed E-state index contributed by atoms with van der Waals surface area (Å²) in [5.74, 6) is -1.51. The molecule has 0 aliphatic rings. The van der Waals surface area contributed by atoms with Crippen molar-refractivity contribution in [3.63, 3.8) is 0 Å². The molecule has 0 fully saturated rings. The summed E-state index contributed by atoms with van der Waals surface area (Å²) in [6.45, 7) is 0.754. The van der Waals surface area contributed by atoms with E-state index in [-0.39, 0.29) is 13.0 Å². The summed E-state index contributed by atoms with van der Waals surface area (Å²) < 4.78 is 25.3. The SMILES string of the molecule is CN(CCNS(=O)(=O)CCC(=O)O)c1ccccc1. The largest absolute Gasteiger partial charge is 0.481 e. The van der Waals surface area contributed by atoms with Gasteiger partial charge in [-0.1, -0.05) is 18.2 Å². The maximum Gasteiger partial charge on any atom is 0.304 e. The minimum Gasteiger partial charge on any atom is -0.481 e. The number of sulfonamides is 1. The third-order valence-electron chi connectivity index (χ3n) is 2.55. The van der Waals surface area contributed by atoms with E-state index >= 15 is 0 Å². The van der Waals surface area contributed by atoms with Crippen molar-refractivity contribution in [2.45, 2.75) is 6.42 Å². The third kappa shape index (κ3) is 6.21. The molecule has 0 bridgehead atoms. The molecule has 1 aromatic carbocycles. The predicted molar refractivity (Wildman–Crippen MR) is 73.8 cm³/mol. The normalized spacial score (nSPS) is 11.2. The van der Waals surface area contributed by atoms with E-state index in [0.717, 1.165) is 5.69 Å². The highest BCUT2D eigenvalue weighted by Gasteiger charge is 2.12. The number of carboxylic acid groups (broad SMARTS) is 1. The molecule has 7 heteroatoms. The first-order chi connectivity index (χ1) is 8.91. The minimum absolute atomic E-state index is 0.243. The molecule has 0 heterocycles. The minimum atomic E-state index is -3.51. The van der Waals surface area contributed by atoms with Crippen molar-refractivity contribution < 1.29 is 18.3 Å². The Morgan fingerprint density at radius 3 is 2.53 bits per heavy atom. The van der Waals surface area contributed by atoms with E-state index < -0.39 is 21.7 Å². The molecular formula is C12H18N2O4S. The molecule has 0 radical (unpaired) electrons. The predicted octanol–water partition coefficient (Wildman–Crippen LogP) is 0.517. The van der Waals surface area contributed by atoms with Crippen molar-refractivity contribution in [3.05, 3.63) is 30.3 Å². The summed E-state index contributed by atoms with van der Waals surface area (Å²) in [5.41, 5.74) is 0.993. The molecular weight excluding hydrogens is 268 g/mol. The number of rotatable bonds is 8. The van der Waals surface area contributed by atoms with Crippen molar-refractivity contribution >= 4 is 21.7 Å². The summed E-state index contributed by atoms with van der Waals surface area (Å²) in [4.78, 5) is 12.2. The van der Waals surface area contributed by atoms with Gasteiger partial charge in [-0.3, -0.25) is 4.79 Å². The molecule has 1 rings (SSSR count). The Morgan fingerprint density at radius 2 is 1.95 bits per heavy atom. The number of nitrogens with zero attached hydrogens (tertiary/aromatic N) is 1. The molecule has 0 saturated heterocycles. The second-order valence-electron chi connectivity index (χ2n) is 4.11. The fourth-order valence-corrected chi connectivity index (χ4v) is 2.46. The number of anilines is 1. The summed E-state index contributed by atoms with van der Waals surface area (Å²) in [6.07, 6.45) is -0.385. The first-order valence-electron chi connectivity index (χ1n) is 5.86. The first-order valence-corrected chi connectivity index (χ1v) is 7.51. The molecule has 1 aromatic rings. The molecule has 0 aromatic heterocycles. The average molecular weight is 286 g/mol. The first kappa shape index (κ1) is 15.5. The number of likely N-dealkylation sites (N-methyl/N-ethyl adjacent to an activating group) is 1. The van der Waals surface area contributed by atoms with Crippen molar-refractivity contribution in [1.82, 2.24) is 4.72 Å². The van der Waals surface area contributed by atoms with Crippen LogP contribution in [-0.4, -0.2) is 45.4 Å². The summed E-state index contributed by atoms with van der Waals surface area (Å²) in [6, 6.07) is 9.58. The number of hydrogen-bond donors (Lipinski definition) is 2. The van der Waals surface area contributed by atoms with Crippen LogP contribution in [0.1, 0.15) is 6.42 Å². The maximum atomic E-state index is 11.5. The van der Waals surface area contributed by atoms with E-state index in [1.165, 1.54) is 0 Å². The number of hydrogen-bond acceptors (Lipinski definition) is 4. The topological polar surface area (TPSA) is 86.7 Å². The quantitative estimate of drug-likeness (QED) is 0.727. The highest BCUT2D eigenvalue weighted by Crippen LogP contribution is 2.09. The van der Waals surface area contributed by atoms with Crippen molar-refractivity contribution in [1.29, 1.82) is 0 Å². The Bertz CT molecular complexity index is 502. The van der Waals surface area contributed by atoms with Gasteiger partial charge in [-0.05, 0) is 12.1 Å². The van der Waals surface area contributed by atoms with Crippen LogP contribution >= 0.6 is 0 Å². The van der Waals surface area contributed by atoms with E-state index in [1.54, 1.807) is 0 Å². The molecule has 106 valence electrons. The van der Waals surface area contributed by atoms with Crippen LogP contribution in [0.2, 0.25) is 0 Å². The fourth-order valence-electron chi connectivity index (χ4n) is 1.47. The van der Waals surface area contributed by atoms with Gasteiger partial charge in [-0.2, -0.15) is 0 Å². The zero-order chi connectivity index (χ0) is 14.3. The van der Waals surface area contributed by atoms with Crippen LogP contribution in [0.25, 0.3) is 0 Å². The lowest BCUT2D eigenvalue weighted by molar-refractivity contribution is -0.136. The van der Waals surface area contributed by atoms with Crippen LogP contribution < -0.4 is 9.62 Å². The molecule has 2 N–H and O–H groups in total. The molecule has 0 atom stereocenters. The molecule has 6 nitrogen and oxygen atoms in total. The Morgan fingerprint density at radius 1 is 1.32 bits per heavy atom. The van der Waals surface area contributed by atoms with Gasteiger partial charge in [-0.15, -0.1) is 0 Å². The van der Waals surface area contributed by atoms with Gasteiger partial charge in [0.2, 0.25) is 10.0 Å². The van der Waals surface area contributed by atoms with Crippen molar-refractivity contribution in [2.75, 3.05) is 30.8 Å². The Balaban J connectivity index is 2.36. The van der Waals surface area contributed by atoms with Crippen molar-refractivity contribution in [3.8, 4) is 0 Å². The number of benzene rings is 1. The molecule has 0 aliphatic carbocycles. The summed E-state index contributed by atoms with van der Waals surface area (Å²) >= 11 is 0. The lowest BCUT2D eigenvalue weighted by Gasteiger charge is -2.19. The highest BCUT2D eigenvalue weighted by molar-refractivity contribution is 7.89. The third-order valence-corrected chi connectivity index (χ3v) is 3.94. The van der Waals surface area contributed by atoms with Gasteiger partial charge in [0.05, 0.1) is 12.2 Å². The molecule has 0 spiro atoms. The number of carboxylic acids is 1. The number of nitrogens with one attached hydrogen (secondary N) is 1. The van der Waals surface area contributed by atoms with Crippen LogP contribution in [-0.2, 0) is 14.8 Å². The van der Waals surface area contributed by atoms with Gasteiger partial charge in [0, 0.05) is 25.8 Å².